The topological polar surface area (TPSA) is 73.6 Å². The highest BCUT2D eigenvalue weighted by Crippen LogP contribution is 2.41. The van der Waals surface area contributed by atoms with Crippen LogP contribution in [0.1, 0.15) is 25.7 Å². The van der Waals surface area contributed by atoms with Crippen LogP contribution < -0.4 is 4.74 Å². The van der Waals surface area contributed by atoms with Gasteiger partial charge in [0.2, 0.25) is 0 Å². The van der Waals surface area contributed by atoms with Crippen LogP contribution >= 0.6 is 11.8 Å². The Morgan fingerprint density at radius 2 is 1.83 bits per heavy atom. The lowest BCUT2D eigenvalue weighted by Gasteiger charge is -2.28. The van der Waals surface area contributed by atoms with Gasteiger partial charge < -0.3 is 14.6 Å². The number of ether oxygens (including phenoxy) is 2. The van der Waals surface area contributed by atoms with Crippen molar-refractivity contribution < 1.29 is 23.8 Å². The van der Waals surface area contributed by atoms with Crippen LogP contribution in [0.5, 0.6) is 5.75 Å². The van der Waals surface area contributed by atoms with Crippen LogP contribution in [0, 0.1) is 17.7 Å². The molecule has 0 aliphatic heterocycles. The number of carboxylic acid groups (broad SMARTS) is 1. The van der Waals surface area contributed by atoms with Gasteiger partial charge in [-0.25, -0.2) is 9.18 Å². The van der Waals surface area contributed by atoms with Gasteiger partial charge in [0.1, 0.15) is 28.9 Å². The van der Waals surface area contributed by atoms with Gasteiger partial charge in [-0.1, -0.05) is 30.3 Å². The fraction of sp³-hybridized carbons (Fsp3) is 0.407. The smallest absolute Gasteiger partial charge is 0.329 e. The molecule has 4 rings (SSSR count). The van der Waals surface area contributed by atoms with E-state index < -0.39 is 5.97 Å². The highest BCUT2D eigenvalue weighted by molar-refractivity contribution is 7.98. The van der Waals surface area contributed by atoms with Crippen LogP contribution in [0.15, 0.2) is 53.6 Å². The van der Waals surface area contributed by atoms with Crippen LogP contribution in [0.2, 0.25) is 0 Å². The number of halogens is 1. The van der Waals surface area contributed by atoms with Crippen molar-refractivity contribution in [3.05, 3.63) is 54.3 Å². The second-order valence-electron chi connectivity index (χ2n) is 8.96. The molecule has 2 aromatic carbocycles. The SMILES string of the molecule is COc1cc(F)cc(-c2c(-c3ccccc3)nn(C[C@H]3CC[C@H](COCC(=O)O)CC3)c2SC)c1. The number of carboxylic acids is 1. The number of hydrogen-bond acceptors (Lipinski definition) is 5. The monoisotopic (exact) mass is 498 g/mol. The van der Waals surface area contributed by atoms with Gasteiger partial charge in [0.05, 0.1) is 13.7 Å². The zero-order valence-electron chi connectivity index (χ0n) is 20.1. The largest absolute Gasteiger partial charge is 0.497 e. The predicted octanol–water partition coefficient (Wildman–Crippen LogP) is 5.99. The Morgan fingerprint density at radius 1 is 1.11 bits per heavy atom. The standard InChI is InChI=1S/C27H31FN2O4S/c1-33-23-13-21(12-22(28)14-23)25-26(20-6-4-3-5-7-20)29-30(27(25)35-2)15-18-8-10-19(11-9-18)16-34-17-24(31)32/h3-7,12-14,18-19H,8-11,15-17H2,1-2H3,(H,31,32)/t18-,19-. The number of methoxy groups -OCH3 is 1. The van der Waals surface area contributed by atoms with Crippen molar-refractivity contribution in [2.24, 2.45) is 11.8 Å². The van der Waals surface area contributed by atoms with Crippen LogP contribution in [0.3, 0.4) is 0 Å². The predicted molar refractivity (Wildman–Crippen MR) is 135 cm³/mol. The molecule has 6 nitrogen and oxygen atoms in total. The van der Waals surface area contributed by atoms with Crippen molar-refractivity contribution in [2.75, 3.05) is 26.6 Å². The fourth-order valence-electron chi connectivity index (χ4n) is 4.80. The van der Waals surface area contributed by atoms with Crippen LogP contribution in [-0.2, 0) is 16.1 Å². The van der Waals surface area contributed by atoms with Gasteiger partial charge in [0.15, 0.2) is 0 Å². The Balaban J connectivity index is 1.61. The normalized spacial score (nSPS) is 17.9. The molecule has 0 spiro atoms. The van der Waals surface area contributed by atoms with Crippen molar-refractivity contribution in [2.45, 2.75) is 37.3 Å². The number of hydrogen-bond donors (Lipinski definition) is 1. The van der Waals surface area contributed by atoms with Gasteiger partial charge in [-0.15, -0.1) is 11.8 Å². The third-order valence-electron chi connectivity index (χ3n) is 6.52. The number of carbonyl (C=O) groups is 1. The molecular weight excluding hydrogens is 467 g/mol. The van der Waals surface area contributed by atoms with E-state index >= 15 is 0 Å². The minimum atomic E-state index is -0.928. The molecule has 35 heavy (non-hydrogen) atoms. The summed E-state index contributed by atoms with van der Waals surface area (Å²) in [5.41, 5.74) is 3.48. The molecule has 1 N–H and O–H groups in total. The first-order valence-electron chi connectivity index (χ1n) is 11.8. The number of thioether (sulfide) groups is 1. The molecule has 0 saturated heterocycles. The van der Waals surface area contributed by atoms with E-state index in [-0.39, 0.29) is 12.4 Å². The lowest BCUT2D eigenvalue weighted by molar-refractivity contribution is -0.142. The Hall–Kier alpha value is -2.84. The summed E-state index contributed by atoms with van der Waals surface area (Å²) in [7, 11) is 1.54. The van der Waals surface area contributed by atoms with Crippen molar-refractivity contribution >= 4 is 17.7 Å². The molecule has 0 amide bonds. The summed E-state index contributed by atoms with van der Waals surface area (Å²) >= 11 is 1.62. The van der Waals surface area contributed by atoms with E-state index in [9.17, 15) is 9.18 Å². The molecule has 3 aromatic rings. The second kappa shape index (κ2) is 11.7. The summed E-state index contributed by atoms with van der Waals surface area (Å²) in [6.45, 7) is 1.05. The first kappa shape index (κ1) is 25.3. The number of benzene rings is 2. The molecule has 8 heteroatoms. The Bertz CT molecular complexity index is 1140. The number of rotatable bonds is 10. The molecule has 0 atom stereocenters. The summed E-state index contributed by atoms with van der Waals surface area (Å²) in [5, 5.41) is 14.8. The van der Waals surface area contributed by atoms with Crippen molar-refractivity contribution in [1.82, 2.24) is 9.78 Å². The van der Waals surface area contributed by atoms with E-state index in [0.29, 0.717) is 24.2 Å². The third kappa shape index (κ3) is 6.24. The van der Waals surface area contributed by atoms with Gasteiger partial charge in [-0.2, -0.15) is 5.10 Å². The van der Waals surface area contributed by atoms with Crippen molar-refractivity contribution in [1.29, 1.82) is 0 Å². The molecule has 1 saturated carbocycles. The van der Waals surface area contributed by atoms with E-state index in [1.807, 2.05) is 42.7 Å². The number of aromatic nitrogens is 2. The van der Waals surface area contributed by atoms with Gasteiger partial charge in [-0.3, -0.25) is 4.68 Å². The van der Waals surface area contributed by atoms with Crippen LogP contribution in [0.25, 0.3) is 22.4 Å². The first-order valence-corrected chi connectivity index (χ1v) is 13.1. The third-order valence-corrected chi connectivity index (χ3v) is 7.32. The summed E-state index contributed by atoms with van der Waals surface area (Å²) in [5.74, 6) is 0.0697. The first-order chi connectivity index (χ1) is 17.0. The molecule has 0 radical (unpaired) electrons. The maximum absolute atomic E-state index is 14.5. The summed E-state index contributed by atoms with van der Waals surface area (Å²) in [4.78, 5) is 10.7. The summed E-state index contributed by atoms with van der Waals surface area (Å²) < 4.78 is 27.2. The zero-order valence-corrected chi connectivity index (χ0v) is 20.9. The highest BCUT2D eigenvalue weighted by Gasteiger charge is 2.26. The molecule has 1 fully saturated rings. The van der Waals surface area contributed by atoms with Gasteiger partial charge in [0, 0.05) is 23.7 Å². The molecule has 1 aliphatic rings. The van der Waals surface area contributed by atoms with Crippen molar-refractivity contribution in [3.8, 4) is 28.1 Å². The van der Waals surface area contributed by atoms with E-state index in [1.165, 1.54) is 6.07 Å². The van der Waals surface area contributed by atoms with E-state index in [2.05, 4.69) is 4.68 Å². The van der Waals surface area contributed by atoms with Gasteiger partial charge in [0.25, 0.3) is 0 Å². The number of aliphatic carboxylic acids is 1. The van der Waals surface area contributed by atoms with E-state index in [1.54, 1.807) is 24.9 Å². The maximum atomic E-state index is 14.5. The molecule has 0 unspecified atom stereocenters. The zero-order chi connectivity index (χ0) is 24.8. The van der Waals surface area contributed by atoms with Gasteiger partial charge >= 0.3 is 5.97 Å². The molecule has 186 valence electrons. The Morgan fingerprint density at radius 3 is 2.49 bits per heavy atom. The Labute approximate surface area is 209 Å². The lowest BCUT2D eigenvalue weighted by Crippen LogP contribution is -2.23. The summed E-state index contributed by atoms with van der Waals surface area (Å²) in [6.07, 6.45) is 6.13. The quantitative estimate of drug-likeness (QED) is 0.346. The highest BCUT2D eigenvalue weighted by atomic mass is 32.2. The molecule has 1 aliphatic carbocycles. The van der Waals surface area contributed by atoms with E-state index in [4.69, 9.17) is 19.7 Å². The minimum Gasteiger partial charge on any atom is -0.497 e. The second-order valence-corrected chi connectivity index (χ2v) is 9.75. The Kier molecular flexibility index (Phi) is 8.46. The van der Waals surface area contributed by atoms with Crippen molar-refractivity contribution in [3.63, 3.8) is 0 Å². The molecular formula is C27H31FN2O4S. The minimum absolute atomic E-state index is 0.236. The van der Waals surface area contributed by atoms with Crippen LogP contribution in [0.4, 0.5) is 4.39 Å². The van der Waals surface area contributed by atoms with Gasteiger partial charge in [-0.05, 0) is 61.5 Å². The van der Waals surface area contributed by atoms with E-state index in [0.717, 1.165) is 59.6 Å². The summed E-state index contributed by atoms with van der Waals surface area (Å²) in [6, 6.07) is 14.8. The van der Waals surface area contributed by atoms with Crippen LogP contribution in [-0.4, -0.2) is 47.4 Å². The average molecular weight is 499 g/mol. The maximum Gasteiger partial charge on any atom is 0.329 e. The lowest BCUT2D eigenvalue weighted by atomic mass is 9.82. The average Bonchev–Trinajstić information content (AvgIpc) is 3.23. The number of nitrogens with zero attached hydrogens (tertiary/aromatic N) is 2. The molecule has 1 aromatic heterocycles. The molecule has 1 heterocycles. The fourth-order valence-corrected chi connectivity index (χ4v) is 5.54. The molecule has 0 bridgehead atoms.